The lowest BCUT2D eigenvalue weighted by atomic mass is 9.70. The van der Waals surface area contributed by atoms with Gasteiger partial charge in [0.25, 0.3) is 0 Å². The van der Waals surface area contributed by atoms with Crippen molar-refractivity contribution in [2.75, 3.05) is 6.54 Å². The van der Waals surface area contributed by atoms with Crippen molar-refractivity contribution < 1.29 is 0 Å². The van der Waals surface area contributed by atoms with E-state index in [1.165, 1.54) is 37.1 Å². The summed E-state index contributed by atoms with van der Waals surface area (Å²) in [4.78, 5) is 0.477. The maximum atomic E-state index is 3.84. The van der Waals surface area contributed by atoms with E-state index >= 15 is 0 Å². The number of fused-ring (bicyclic) bond motifs is 1. The molecule has 0 radical (unpaired) electrons. The first kappa shape index (κ1) is 13.5. The second-order valence-corrected chi connectivity index (χ2v) is 8.81. The molecule has 0 aromatic carbocycles. The molecule has 1 saturated carbocycles. The SMILES string of the molecule is CC1=CC2=C3CC(Br)C=C4NCC(=C43)CC2C(CC2CC2)N1. The monoisotopic (exact) mass is 358 g/mol. The van der Waals surface area contributed by atoms with Crippen molar-refractivity contribution in [3.8, 4) is 0 Å². The molecule has 0 aromatic rings. The fourth-order valence-corrected chi connectivity index (χ4v) is 5.40. The summed E-state index contributed by atoms with van der Waals surface area (Å²) in [6.45, 7) is 3.30. The number of allylic oxidation sites excluding steroid dienone is 4. The Morgan fingerprint density at radius 1 is 1.27 bits per heavy atom. The van der Waals surface area contributed by atoms with Crippen LogP contribution in [0.25, 0.3) is 0 Å². The van der Waals surface area contributed by atoms with Gasteiger partial charge in [0.15, 0.2) is 0 Å². The van der Waals surface area contributed by atoms with Gasteiger partial charge in [-0.1, -0.05) is 28.8 Å². The fourth-order valence-electron chi connectivity index (χ4n) is 4.82. The Morgan fingerprint density at radius 3 is 2.95 bits per heavy atom. The topological polar surface area (TPSA) is 24.1 Å². The molecule has 2 N–H and O–H groups in total. The molecular formula is C19H23BrN2. The van der Waals surface area contributed by atoms with Crippen LogP contribution in [0, 0.1) is 11.8 Å². The standard InChI is InChI=1S/C19H23BrN2/c1-10-4-14-15(17(22-10)5-11-2-3-11)6-12-9-21-18-8-13(20)7-16(14)19(12)18/h4,8,11,13,15,17,21-22H,2-3,5-7,9H2,1H3. The van der Waals surface area contributed by atoms with Gasteiger partial charge in [0.2, 0.25) is 0 Å². The summed E-state index contributed by atoms with van der Waals surface area (Å²) in [6, 6.07) is 0.651. The molecule has 116 valence electrons. The fraction of sp³-hybridized carbons (Fsp3) is 0.579. The maximum absolute atomic E-state index is 3.84. The molecule has 0 aromatic heterocycles. The van der Waals surface area contributed by atoms with Crippen LogP contribution in [0.4, 0.5) is 0 Å². The second-order valence-electron chi connectivity index (χ2n) is 7.63. The van der Waals surface area contributed by atoms with Crippen LogP contribution in [-0.4, -0.2) is 17.4 Å². The van der Waals surface area contributed by atoms with E-state index < -0.39 is 0 Å². The minimum absolute atomic E-state index is 0.477. The summed E-state index contributed by atoms with van der Waals surface area (Å²) >= 11 is 3.84. The van der Waals surface area contributed by atoms with Crippen molar-refractivity contribution in [1.82, 2.24) is 10.6 Å². The Balaban J connectivity index is 1.61. The van der Waals surface area contributed by atoms with Crippen LogP contribution in [0.1, 0.15) is 39.0 Å². The highest BCUT2D eigenvalue weighted by molar-refractivity contribution is 9.09. The van der Waals surface area contributed by atoms with Gasteiger partial charge in [-0.3, -0.25) is 0 Å². The van der Waals surface area contributed by atoms with E-state index in [2.05, 4.69) is 45.6 Å². The summed E-state index contributed by atoms with van der Waals surface area (Å²) in [5.41, 5.74) is 9.23. The van der Waals surface area contributed by atoms with Gasteiger partial charge >= 0.3 is 0 Å². The minimum atomic E-state index is 0.477. The van der Waals surface area contributed by atoms with Gasteiger partial charge in [-0.2, -0.15) is 0 Å². The molecule has 0 amide bonds. The third-order valence-corrected chi connectivity index (χ3v) is 6.52. The van der Waals surface area contributed by atoms with Crippen molar-refractivity contribution >= 4 is 15.9 Å². The Kier molecular flexibility index (Phi) is 2.92. The predicted molar refractivity (Wildman–Crippen MR) is 93.6 cm³/mol. The molecule has 1 fully saturated rings. The highest BCUT2D eigenvalue weighted by Gasteiger charge is 2.41. The Bertz CT molecular complexity index is 663. The number of nitrogens with one attached hydrogen (secondary N) is 2. The summed E-state index contributed by atoms with van der Waals surface area (Å²) in [6.07, 6.45) is 11.5. The molecule has 3 atom stereocenters. The Hall–Kier alpha value is -0.960. The molecule has 2 nitrogen and oxygen atoms in total. The first-order valence-electron chi connectivity index (χ1n) is 8.69. The lowest BCUT2D eigenvalue weighted by molar-refractivity contribution is 0.365. The van der Waals surface area contributed by atoms with E-state index in [-0.39, 0.29) is 0 Å². The van der Waals surface area contributed by atoms with Gasteiger partial charge in [0.05, 0.1) is 0 Å². The molecular weight excluding hydrogens is 336 g/mol. The summed E-state index contributed by atoms with van der Waals surface area (Å²) in [5, 5.41) is 7.44. The molecule has 5 rings (SSSR count). The summed E-state index contributed by atoms with van der Waals surface area (Å²) in [5.74, 6) is 1.68. The zero-order chi connectivity index (χ0) is 14.8. The molecule has 3 heteroatoms. The number of rotatable bonds is 2. The molecule has 5 aliphatic rings. The largest absolute Gasteiger partial charge is 0.385 e. The van der Waals surface area contributed by atoms with Gasteiger partial charge in [-0.15, -0.1) is 0 Å². The lowest BCUT2D eigenvalue weighted by Crippen LogP contribution is -2.41. The van der Waals surface area contributed by atoms with E-state index in [9.17, 15) is 0 Å². The molecule has 3 aliphatic carbocycles. The van der Waals surface area contributed by atoms with Crippen LogP contribution >= 0.6 is 15.9 Å². The van der Waals surface area contributed by atoms with E-state index in [1.807, 2.05) is 0 Å². The zero-order valence-electron chi connectivity index (χ0n) is 13.1. The van der Waals surface area contributed by atoms with E-state index in [0.717, 1.165) is 18.9 Å². The van der Waals surface area contributed by atoms with Crippen LogP contribution in [-0.2, 0) is 0 Å². The average Bonchev–Trinajstić information content (AvgIpc) is 3.20. The molecule has 22 heavy (non-hydrogen) atoms. The lowest BCUT2D eigenvalue weighted by Gasteiger charge is -2.40. The van der Waals surface area contributed by atoms with E-state index in [0.29, 0.717) is 16.8 Å². The number of halogens is 1. The van der Waals surface area contributed by atoms with E-state index in [1.54, 1.807) is 22.3 Å². The molecule has 2 aliphatic heterocycles. The predicted octanol–water partition coefficient (Wildman–Crippen LogP) is 3.93. The zero-order valence-corrected chi connectivity index (χ0v) is 14.7. The molecule has 0 saturated heterocycles. The molecule has 0 bridgehead atoms. The highest BCUT2D eigenvalue weighted by atomic mass is 79.9. The van der Waals surface area contributed by atoms with Gasteiger partial charge in [0.1, 0.15) is 0 Å². The Morgan fingerprint density at radius 2 is 2.14 bits per heavy atom. The van der Waals surface area contributed by atoms with Gasteiger partial charge < -0.3 is 10.6 Å². The highest BCUT2D eigenvalue weighted by Crippen LogP contribution is 2.49. The van der Waals surface area contributed by atoms with Crippen molar-refractivity contribution in [3.05, 3.63) is 45.8 Å². The van der Waals surface area contributed by atoms with E-state index in [4.69, 9.17) is 0 Å². The summed E-state index contributed by atoms with van der Waals surface area (Å²) in [7, 11) is 0. The van der Waals surface area contributed by atoms with Gasteiger partial charge in [-0.05, 0) is 61.0 Å². The van der Waals surface area contributed by atoms with Crippen molar-refractivity contribution in [1.29, 1.82) is 0 Å². The van der Waals surface area contributed by atoms with Crippen LogP contribution in [0.3, 0.4) is 0 Å². The molecule has 3 unspecified atom stereocenters. The third-order valence-electron chi connectivity index (χ3n) is 5.93. The van der Waals surface area contributed by atoms with Crippen molar-refractivity contribution in [3.63, 3.8) is 0 Å². The van der Waals surface area contributed by atoms with Crippen molar-refractivity contribution in [2.45, 2.75) is 49.9 Å². The number of alkyl halides is 1. The maximum Gasteiger partial charge on any atom is 0.0390 e. The van der Waals surface area contributed by atoms with Crippen LogP contribution in [0.15, 0.2) is 45.8 Å². The average molecular weight is 359 g/mol. The first-order valence-corrected chi connectivity index (χ1v) is 9.61. The van der Waals surface area contributed by atoms with Crippen LogP contribution < -0.4 is 10.6 Å². The number of hydrogen-bond donors (Lipinski definition) is 2. The smallest absolute Gasteiger partial charge is 0.0390 e. The molecule has 2 heterocycles. The van der Waals surface area contributed by atoms with Crippen LogP contribution in [0.5, 0.6) is 0 Å². The first-order chi connectivity index (χ1) is 10.7. The summed E-state index contributed by atoms with van der Waals surface area (Å²) < 4.78 is 0. The molecule has 0 spiro atoms. The quantitative estimate of drug-likeness (QED) is 0.730. The third kappa shape index (κ3) is 2.05. The minimum Gasteiger partial charge on any atom is -0.385 e. The second kappa shape index (κ2) is 4.77. The van der Waals surface area contributed by atoms with Gasteiger partial charge in [-0.25, -0.2) is 0 Å². The normalized spacial score (nSPS) is 36.2. The number of hydrogen-bond acceptors (Lipinski definition) is 2. The Labute approximate surface area is 140 Å². The van der Waals surface area contributed by atoms with Gasteiger partial charge in [0, 0.05) is 40.3 Å². The van der Waals surface area contributed by atoms with Crippen LogP contribution in [0.2, 0.25) is 0 Å². The van der Waals surface area contributed by atoms with Crippen molar-refractivity contribution in [2.24, 2.45) is 11.8 Å².